The van der Waals surface area contributed by atoms with Crippen LogP contribution in [0.15, 0.2) is 35.5 Å². The number of nitrogens with zero attached hydrogens (tertiary/aromatic N) is 1. The third-order valence-corrected chi connectivity index (χ3v) is 1.51. The Hall–Kier alpha value is -2.44. The molecule has 0 bridgehead atoms. The normalized spacial score (nSPS) is 9.76. The molecule has 92 valence electrons. The standard InChI is InChI=1S/C6H8O4.C4H4N2O/c1-2-3-4(5(7)8)6(9)10;7-4-1-2-5-3-6-4/h2-4H,1H3,(H,7,8)(H,9,10);1-3H,(H,5,6,7)/b3-2-;. The molecule has 0 fully saturated rings. The number of carboxylic acid groups (broad SMARTS) is 2. The Kier molecular flexibility index (Phi) is 6.68. The average Bonchev–Trinajstić information content (AvgIpc) is 2.27. The van der Waals surface area contributed by atoms with E-state index in [0.717, 1.165) is 6.08 Å². The molecule has 0 saturated carbocycles. The Labute approximate surface area is 96.4 Å². The van der Waals surface area contributed by atoms with Crippen LogP contribution < -0.4 is 5.56 Å². The monoisotopic (exact) mass is 240 g/mol. The van der Waals surface area contributed by atoms with Crippen LogP contribution in [0.25, 0.3) is 0 Å². The van der Waals surface area contributed by atoms with Gasteiger partial charge in [0.1, 0.15) is 0 Å². The highest BCUT2D eigenvalue weighted by Crippen LogP contribution is 1.98. The first-order valence-corrected chi connectivity index (χ1v) is 4.56. The van der Waals surface area contributed by atoms with E-state index >= 15 is 0 Å². The molecule has 1 aromatic rings. The van der Waals surface area contributed by atoms with Crippen LogP contribution in [-0.4, -0.2) is 32.1 Å². The molecular weight excluding hydrogens is 228 g/mol. The highest BCUT2D eigenvalue weighted by molar-refractivity contribution is 5.94. The molecule has 0 amide bonds. The molecule has 0 aliphatic rings. The van der Waals surface area contributed by atoms with Gasteiger partial charge in [-0.3, -0.25) is 14.4 Å². The fraction of sp³-hybridized carbons (Fsp3) is 0.200. The Morgan fingerprint density at radius 3 is 2.18 bits per heavy atom. The average molecular weight is 240 g/mol. The van der Waals surface area contributed by atoms with Crippen molar-refractivity contribution in [1.82, 2.24) is 9.97 Å². The fourth-order valence-corrected chi connectivity index (χ4v) is 0.765. The molecule has 0 spiro atoms. The van der Waals surface area contributed by atoms with E-state index < -0.39 is 17.9 Å². The van der Waals surface area contributed by atoms with Gasteiger partial charge in [-0.25, -0.2) is 4.98 Å². The maximum atomic E-state index is 10.2. The number of nitrogens with one attached hydrogen (secondary N) is 1. The van der Waals surface area contributed by atoms with E-state index in [1.165, 1.54) is 24.7 Å². The van der Waals surface area contributed by atoms with Gasteiger partial charge in [-0.15, -0.1) is 0 Å². The molecule has 3 N–H and O–H groups in total. The highest BCUT2D eigenvalue weighted by Gasteiger charge is 2.21. The molecule has 0 unspecified atom stereocenters. The predicted molar refractivity (Wildman–Crippen MR) is 58.4 cm³/mol. The number of hydrogen-bond donors (Lipinski definition) is 3. The maximum Gasteiger partial charge on any atom is 0.321 e. The molecule has 0 aromatic carbocycles. The molecule has 1 heterocycles. The summed E-state index contributed by atoms with van der Waals surface area (Å²) >= 11 is 0. The molecule has 0 aliphatic carbocycles. The third kappa shape index (κ3) is 6.61. The molecule has 1 aromatic heterocycles. The topological polar surface area (TPSA) is 120 Å². The summed E-state index contributed by atoms with van der Waals surface area (Å²) < 4.78 is 0. The van der Waals surface area contributed by atoms with E-state index in [4.69, 9.17) is 10.2 Å². The quantitative estimate of drug-likeness (QED) is 0.509. The van der Waals surface area contributed by atoms with E-state index in [1.807, 2.05) is 0 Å². The van der Waals surface area contributed by atoms with E-state index in [0.29, 0.717) is 0 Å². The SMILES string of the molecule is C/C=C\C(C(=O)O)C(=O)O.O=c1ccnc[nH]1. The summed E-state index contributed by atoms with van der Waals surface area (Å²) in [5.41, 5.74) is -0.116. The van der Waals surface area contributed by atoms with Gasteiger partial charge in [-0.05, 0) is 6.92 Å². The van der Waals surface area contributed by atoms with Crippen molar-refractivity contribution in [2.24, 2.45) is 5.92 Å². The smallest absolute Gasteiger partial charge is 0.321 e. The summed E-state index contributed by atoms with van der Waals surface area (Å²) in [5.74, 6) is -4.10. The second-order valence-corrected chi connectivity index (χ2v) is 2.78. The van der Waals surface area contributed by atoms with Crippen LogP contribution >= 0.6 is 0 Å². The number of rotatable bonds is 3. The van der Waals surface area contributed by atoms with Crippen LogP contribution in [-0.2, 0) is 9.59 Å². The van der Waals surface area contributed by atoms with Crippen LogP contribution in [0.5, 0.6) is 0 Å². The van der Waals surface area contributed by atoms with Crippen molar-refractivity contribution in [3.63, 3.8) is 0 Å². The summed E-state index contributed by atoms with van der Waals surface area (Å²) in [4.78, 5) is 36.3. The summed E-state index contributed by atoms with van der Waals surface area (Å²) in [7, 11) is 0. The second kappa shape index (κ2) is 7.80. The van der Waals surface area contributed by atoms with Crippen molar-refractivity contribution in [2.75, 3.05) is 0 Å². The molecule has 0 aliphatic heterocycles. The fourth-order valence-electron chi connectivity index (χ4n) is 0.765. The van der Waals surface area contributed by atoms with Gasteiger partial charge in [0.2, 0.25) is 0 Å². The van der Waals surface area contributed by atoms with Crippen molar-refractivity contribution < 1.29 is 19.8 Å². The largest absolute Gasteiger partial charge is 0.480 e. The van der Waals surface area contributed by atoms with Crippen molar-refractivity contribution in [2.45, 2.75) is 6.92 Å². The predicted octanol–water partition coefficient (Wildman–Crippen LogP) is 0.118. The number of aromatic amines is 1. The molecule has 1 rings (SSSR count). The maximum absolute atomic E-state index is 10.2. The van der Waals surface area contributed by atoms with Gasteiger partial charge in [0.25, 0.3) is 5.56 Å². The lowest BCUT2D eigenvalue weighted by Gasteiger charge is -1.97. The Bertz CT molecular complexity index is 421. The van der Waals surface area contributed by atoms with Crippen molar-refractivity contribution in [3.8, 4) is 0 Å². The molecule has 0 atom stereocenters. The van der Waals surface area contributed by atoms with E-state index in [2.05, 4.69) is 9.97 Å². The van der Waals surface area contributed by atoms with Gasteiger partial charge in [0, 0.05) is 12.3 Å². The number of H-pyrrole nitrogens is 1. The van der Waals surface area contributed by atoms with Gasteiger partial charge >= 0.3 is 11.9 Å². The van der Waals surface area contributed by atoms with Crippen LogP contribution in [0.4, 0.5) is 0 Å². The van der Waals surface area contributed by atoms with E-state index in [9.17, 15) is 14.4 Å². The Morgan fingerprint density at radius 1 is 1.41 bits per heavy atom. The van der Waals surface area contributed by atoms with Crippen LogP contribution in [0.3, 0.4) is 0 Å². The molecule has 0 saturated heterocycles. The second-order valence-electron chi connectivity index (χ2n) is 2.78. The first kappa shape index (κ1) is 14.6. The molecule has 0 radical (unpaired) electrons. The first-order valence-electron chi connectivity index (χ1n) is 4.56. The Morgan fingerprint density at radius 2 is 2.00 bits per heavy atom. The number of carbonyl (C=O) groups is 2. The van der Waals surface area contributed by atoms with E-state index in [1.54, 1.807) is 6.92 Å². The number of hydrogen-bond acceptors (Lipinski definition) is 4. The summed E-state index contributed by atoms with van der Waals surface area (Å²) in [6.07, 6.45) is 5.30. The molecule has 7 nitrogen and oxygen atoms in total. The minimum absolute atomic E-state index is 0.116. The molecular formula is C10H12N2O5. The van der Waals surface area contributed by atoms with Crippen molar-refractivity contribution >= 4 is 11.9 Å². The van der Waals surface area contributed by atoms with Crippen molar-refractivity contribution in [1.29, 1.82) is 0 Å². The van der Waals surface area contributed by atoms with Crippen molar-refractivity contribution in [3.05, 3.63) is 41.1 Å². The summed E-state index contributed by atoms with van der Waals surface area (Å²) in [6.45, 7) is 1.57. The third-order valence-electron chi connectivity index (χ3n) is 1.51. The van der Waals surface area contributed by atoms with Gasteiger partial charge in [-0.2, -0.15) is 0 Å². The number of carboxylic acids is 2. The lowest BCUT2D eigenvalue weighted by atomic mass is 10.1. The van der Waals surface area contributed by atoms with Crippen LogP contribution in [0, 0.1) is 5.92 Å². The minimum Gasteiger partial charge on any atom is -0.480 e. The highest BCUT2D eigenvalue weighted by atomic mass is 16.4. The Balaban J connectivity index is 0.000000318. The zero-order valence-corrected chi connectivity index (χ0v) is 9.03. The van der Waals surface area contributed by atoms with Gasteiger partial charge < -0.3 is 15.2 Å². The first-order chi connectivity index (χ1) is 7.99. The number of allylic oxidation sites excluding steroid dienone is 1. The summed E-state index contributed by atoms with van der Waals surface area (Å²) in [6, 6.07) is 1.36. The van der Waals surface area contributed by atoms with Crippen LogP contribution in [0.2, 0.25) is 0 Å². The van der Waals surface area contributed by atoms with Gasteiger partial charge in [-0.1, -0.05) is 12.2 Å². The lowest BCUT2D eigenvalue weighted by molar-refractivity contribution is -0.151. The van der Waals surface area contributed by atoms with Crippen LogP contribution in [0.1, 0.15) is 6.92 Å². The number of aliphatic carboxylic acids is 2. The molecule has 7 heteroatoms. The zero-order valence-electron chi connectivity index (χ0n) is 9.03. The summed E-state index contributed by atoms with van der Waals surface area (Å²) in [5, 5.41) is 16.5. The zero-order chi connectivity index (χ0) is 13.3. The van der Waals surface area contributed by atoms with Gasteiger partial charge in [0.05, 0.1) is 6.33 Å². The minimum atomic E-state index is -1.41. The number of aromatic nitrogens is 2. The van der Waals surface area contributed by atoms with Gasteiger partial charge in [0.15, 0.2) is 5.92 Å². The molecule has 17 heavy (non-hydrogen) atoms. The van der Waals surface area contributed by atoms with E-state index in [-0.39, 0.29) is 5.56 Å². The lowest BCUT2D eigenvalue weighted by Crippen LogP contribution is -2.20.